The second kappa shape index (κ2) is 8.86. The molecule has 4 heteroatoms. The van der Waals surface area contributed by atoms with Gasteiger partial charge in [-0.2, -0.15) is 0 Å². The Morgan fingerprint density at radius 1 is 1.03 bits per heavy atom. The van der Waals surface area contributed by atoms with E-state index in [0.717, 1.165) is 39.4 Å². The number of morpholine rings is 1. The van der Waals surface area contributed by atoms with Crippen molar-refractivity contribution in [1.82, 2.24) is 10.6 Å². The van der Waals surface area contributed by atoms with Crippen molar-refractivity contribution in [3.8, 4) is 0 Å². The van der Waals surface area contributed by atoms with Gasteiger partial charge in [-0.25, -0.2) is 0 Å². The van der Waals surface area contributed by atoms with Crippen molar-refractivity contribution in [3.63, 3.8) is 0 Å². The van der Waals surface area contributed by atoms with Gasteiger partial charge >= 0.3 is 0 Å². The Hall–Kier alpha value is -1.88. The summed E-state index contributed by atoms with van der Waals surface area (Å²) in [7, 11) is 0. The lowest BCUT2D eigenvalue weighted by atomic mass is 9.94. The maximum atomic E-state index is 5.70. The van der Waals surface area contributed by atoms with Crippen LogP contribution in [-0.4, -0.2) is 38.4 Å². The maximum absolute atomic E-state index is 5.70. The first kappa shape index (κ1) is 19.1. The molecule has 0 amide bonds. The van der Waals surface area contributed by atoms with E-state index in [2.05, 4.69) is 64.1 Å². The minimum Gasteiger partial charge on any atom is -0.379 e. The van der Waals surface area contributed by atoms with Gasteiger partial charge in [0.15, 0.2) is 0 Å². The van der Waals surface area contributed by atoms with Crippen molar-refractivity contribution < 1.29 is 4.74 Å². The Kier molecular flexibility index (Phi) is 5.84. The second-order valence-electron chi connectivity index (χ2n) is 8.83. The number of rotatable bonds is 6. The Morgan fingerprint density at radius 3 is 2.76 bits per heavy atom. The van der Waals surface area contributed by atoms with E-state index in [1.807, 2.05) is 0 Å². The fourth-order valence-corrected chi connectivity index (χ4v) is 5.39. The lowest BCUT2D eigenvalue weighted by molar-refractivity contribution is 0.0524. The van der Waals surface area contributed by atoms with Crippen molar-refractivity contribution in [1.29, 1.82) is 0 Å². The number of fused-ring (bicyclic) bond motifs is 1. The smallest absolute Gasteiger partial charge is 0.0623 e. The van der Waals surface area contributed by atoms with E-state index in [1.165, 1.54) is 48.1 Å². The molecule has 2 aliphatic heterocycles. The summed E-state index contributed by atoms with van der Waals surface area (Å²) in [6, 6.07) is 19.2. The average Bonchev–Trinajstić information content (AvgIpc) is 3.41. The minimum atomic E-state index is 0.523. The topological polar surface area (TPSA) is 36.5 Å². The first-order chi connectivity index (χ1) is 14.4. The minimum absolute atomic E-state index is 0.523. The molecule has 5 rings (SSSR count). The third-order valence-corrected chi connectivity index (χ3v) is 6.98. The number of nitrogens with zero attached hydrogens (tertiary/aromatic N) is 1. The highest BCUT2D eigenvalue weighted by molar-refractivity contribution is 5.58. The molecule has 2 aromatic carbocycles. The van der Waals surface area contributed by atoms with Gasteiger partial charge in [-0.05, 0) is 47.9 Å². The van der Waals surface area contributed by atoms with Crippen LogP contribution in [0, 0.1) is 5.92 Å². The molecule has 0 bridgehead atoms. The molecule has 0 radical (unpaired) electrons. The molecule has 2 aromatic rings. The standard InChI is InChI=1S/C25H33N3O/c1-2-7-25-21(4-1)12-14-28(25)17-20-10-8-19(9-11-20)16-27-23-6-3-5-22(23)24-18-29-15-13-26-24/h1-2,4,7-11,22-24,26-27H,3,5-6,12-18H2. The summed E-state index contributed by atoms with van der Waals surface area (Å²) >= 11 is 0. The van der Waals surface area contributed by atoms with Crippen molar-refractivity contribution in [3.05, 3.63) is 65.2 Å². The quantitative estimate of drug-likeness (QED) is 0.790. The van der Waals surface area contributed by atoms with Gasteiger partial charge in [-0.3, -0.25) is 0 Å². The van der Waals surface area contributed by atoms with E-state index >= 15 is 0 Å². The zero-order chi connectivity index (χ0) is 19.5. The summed E-state index contributed by atoms with van der Waals surface area (Å²) < 4.78 is 5.70. The summed E-state index contributed by atoms with van der Waals surface area (Å²) in [5.74, 6) is 0.699. The van der Waals surface area contributed by atoms with Gasteiger partial charge in [0.05, 0.1) is 13.2 Å². The second-order valence-corrected chi connectivity index (χ2v) is 8.83. The van der Waals surface area contributed by atoms with Crippen LogP contribution in [0.15, 0.2) is 48.5 Å². The number of anilines is 1. The highest BCUT2D eigenvalue weighted by atomic mass is 16.5. The lowest BCUT2D eigenvalue weighted by Crippen LogP contribution is -2.50. The summed E-state index contributed by atoms with van der Waals surface area (Å²) in [4.78, 5) is 2.50. The van der Waals surface area contributed by atoms with Crippen LogP contribution in [0.25, 0.3) is 0 Å². The summed E-state index contributed by atoms with van der Waals surface area (Å²) in [6.07, 6.45) is 5.10. The van der Waals surface area contributed by atoms with Crippen molar-refractivity contribution in [2.24, 2.45) is 5.92 Å². The molecule has 0 spiro atoms. The van der Waals surface area contributed by atoms with Crippen LogP contribution >= 0.6 is 0 Å². The van der Waals surface area contributed by atoms with Gasteiger partial charge in [0.1, 0.15) is 0 Å². The van der Waals surface area contributed by atoms with Crippen LogP contribution in [0.5, 0.6) is 0 Å². The van der Waals surface area contributed by atoms with Crippen molar-refractivity contribution in [2.75, 3.05) is 31.2 Å². The highest BCUT2D eigenvalue weighted by Crippen LogP contribution is 2.30. The molecule has 2 N–H and O–H groups in total. The molecule has 4 nitrogen and oxygen atoms in total. The molecule has 1 saturated carbocycles. The van der Waals surface area contributed by atoms with Gasteiger partial charge in [0.2, 0.25) is 0 Å². The first-order valence-corrected chi connectivity index (χ1v) is 11.3. The molecular formula is C25H33N3O. The molecule has 0 aromatic heterocycles. The zero-order valence-electron chi connectivity index (χ0n) is 17.3. The van der Waals surface area contributed by atoms with Crippen LogP contribution in [0.1, 0.15) is 36.0 Å². The van der Waals surface area contributed by atoms with E-state index in [-0.39, 0.29) is 0 Å². The van der Waals surface area contributed by atoms with Gasteiger partial charge < -0.3 is 20.3 Å². The van der Waals surface area contributed by atoms with Gasteiger partial charge in [-0.15, -0.1) is 0 Å². The Morgan fingerprint density at radius 2 is 1.90 bits per heavy atom. The molecule has 2 fully saturated rings. The van der Waals surface area contributed by atoms with E-state index in [0.29, 0.717) is 18.0 Å². The maximum Gasteiger partial charge on any atom is 0.0623 e. The molecule has 1 saturated heterocycles. The molecule has 1 aliphatic carbocycles. The summed E-state index contributed by atoms with van der Waals surface area (Å²) in [5, 5.41) is 7.51. The monoisotopic (exact) mass is 391 g/mol. The van der Waals surface area contributed by atoms with Crippen LogP contribution in [-0.2, 0) is 24.2 Å². The van der Waals surface area contributed by atoms with E-state index < -0.39 is 0 Å². The lowest BCUT2D eigenvalue weighted by Gasteiger charge is -2.33. The fraction of sp³-hybridized carbons (Fsp3) is 0.520. The Labute approximate surface area is 174 Å². The summed E-state index contributed by atoms with van der Waals surface area (Å²) in [6.45, 7) is 5.82. The van der Waals surface area contributed by atoms with Crippen molar-refractivity contribution in [2.45, 2.75) is 50.9 Å². The van der Waals surface area contributed by atoms with E-state index in [1.54, 1.807) is 0 Å². The van der Waals surface area contributed by atoms with E-state index in [9.17, 15) is 0 Å². The van der Waals surface area contributed by atoms with Crippen molar-refractivity contribution >= 4 is 5.69 Å². The van der Waals surface area contributed by atoms with Crippen LogP contribution in [0.2, 0.25) is 0 Å². The average molecular weight is 392 g/mol. The largest absolute Gasteiger partial charge is 0.379 e. The molecular weight excluding hydrogens is 358 g/mol. The van der Waals surface area contributed by atoms with Crippen LogP contribution < -0.4 is 15.5 Å². The van der Waals surface area contributed by atoms with Crippen LogP contribution in [0.3, 0.4) is 0 Å². The zero-order valence-corrected chi connectivity index (χ0v) is 17.3. The van der Waals surface area contributed by atoms with Gasteiger partial charge in [0.25, 0.3) is 0 Å². The predicted octanol–water partition coefficient (Wildman–Crippen LogP) is 3.50. The molecule has 3 unspecified atom stereocenters. The number of para-hydroxylation sites is 1. The Bertz CT molecular complexity index is 800. The van der Waals surface area contributed by atoms with Gasteiger partial charge in [-0.1, -0.05) is 48.9 Å². The molecule has 3 aliphatic rings. The normalized spacial score (nSPS) is 26.6. The summed E-state index contributed by atoms with van der Waals surface area (Å²) in [5.41, 5.74) is 5.67. The first-order valence-electron chi connectivity index (χ1n) is 11.3. The third kappa shape index (κ3) is 4.35. The third-order valence-electron chi connectivity index (χ3n) is 6.98. The number of nitrogens with one attached hydrogen (secondary N) is 2. The van der Waals surface area contributed by atoms with Gasteiger partial charge in [0, 0.05) is 44.0 Å². The molecule has 2 heterocycles. The fourth-order valence-electron chi connectivity index (χ4n) is 5.39. The molecule has 29 heavy (non-hydrogen) atoms. The molecule has 3 atom stereocenters. The number of hydrogen-bond donors (Lipinski definition) is 2. The highest BCUT2D eigenvalue weighted by Gasteiger charge is 2.34. The SMILES string of the molecule is c1ccc2c(c1)CCN2Cc1ccc(CNC2CCCC2C2COCCN2)cc1. The predicted molar refractivity (Wildman–Crippen MR) is 118 cm³/mol. The van der Waals surface area contributed by atoms with E-state index in [4.69, 9.17) is 4.74 Å². The van der Waals surface area contributed by atoms with Crippen LogP contribution in [0.4, 0.5) is 5.69 Å². The number of hydrogen-bond acceptors (Lipinski definition) is 4. The molecule has 154 valence electrons. The number of ether oxygens (including phenoxy) is 1. The Balaban J connectivity index is 1.15. The number of benzene rings is 2.